The van der Waals surface area contributed by atoms with Crippen LogP contribution in [0.15, 0.2) is 60.9 Å². The van der Waals surface area contributed by atoms with E-state index >= 15 is 0 Å². The Balaban J connectivity index is 1.71. The van der Waals surface area contributed by atoms with Crippen molar-refractivity contribution in [3.8, 4) is 0 Å². The first-order valence-corrected chi connectivity index (χ1v) is 7.15. The fourth-order valence-corrected chi connectivity index (χ4v) is 2.83. The molecule has 4 nitrogen and oxygen atoms in total. The standard InChI is InChI=1S/C18H15N3O/c1-21-10-8-14-15(3-2-4-17(14)21)18(22)20-13-5-6-16-12(11-13)7-9-19-16/h2-11,19H,1H3,(H,20,22). The Morgan fingerprint density at radius 1 is 1.14 bits per heavy atom. The van der Waals surface area contributed by atoms with Crippen molar-refractivity contribution in [2.45, 2.75) is 0 Å². The highest BCUT2D eigenvalue weighted by molar-refractivity contribution is 6.13. The lowest BCUT2D eigenvalue weighted by atomic mass is 10.1. The number of anilines is 1. The highest BCUT2D eigenvalue weighted by atomic mass is 16.1. The van der Waals surface area contributed by atoms with E-state index in [-0.39, 0.29) is 5.91 Å². The van der Waals surface area contributed by atoms with Gasteiger partial charge in [0, 0.05) is 52.5 Å². The summed E-state index contributed by atoms with van der Waals surface area (Å²) in [5.41, 5.74) is 3.59. The number of nitrogens with one attached hydrogen (secondary N) is 2. The van der Waals surface area contributed by atoms with Crippen molar-refractivity contribution in [2.24, 2.45) is 7.05 Å². The molecule has 4 rings (SSSR count). The van der Waals surface area contributed by atoms with Crippen LogP contribution in [0.25, 0.3) is 21.8 Å². The topological polar surface area (TPSA) is 49.8 Å². The minimum Gasteiger partial charge on any atom is -0.361 e. The molecule has 2 N–H and O–H groups in total. The van der Waals surface area contributed by atoms with Gasteiger partial charge in [-0.3, -0.25) is 4.79 Å². The summed E-state index contributed by atoms with van der Waals surface area (Å²) in [5.74, 6) is -0.0910. The Morgan fingerprint density at radius 2 is 2.05 bits per heavy atom. The number of hydrogen-bond acceptors (Lipinski definition) is 1. The fourth-order valence-electron chi connectivity index (χ4n) is 2.83. The van der Waals surface area contributed by atoms with Gasteiger partial charge >= 0.3 is 0 Å². The number of benzene rings is 2. The second kappa shape index (κ2) is 4.77. The van der Waals surface area contributed by atoms with Gasteiger partial charge in [-0.2, -0.15) is 0 Å². The van der Waals surface area contributed by atoms with Crippen LogP contribution in [0.1, 0.15) is 10.4 Å². The number of hydrogen-bond donors (Lipinski definition) is 2. The van der Waals surface area contributed by atoms with E-state index < -0.39 is 0 Å². The van der Waals surface area contributed by atoms with Gasteiger partial charge in [-0.15, -0.1) is 0 Å². The number of aromatic nitrogens is 2. The highest BCUT2D eigenvalue weighted by Gasteiger charge is 2.12. The van der Waals surface area contributed by atoms with Crippen LogP contribution in [0.3, 0.4) is 0 Å². The Morgan fingerprint density at radius 3 is 2.95 bits per heavy atom. The number of H-pyrrole nitrogens is 1. The lowest BCUT2D eigenvalue weighted by Crippen LogP contribution is -2.12. The molecule has 0 saturated carbocycles. The number of carbonyl (C=O) groups excluding carboxylic acids is 1. The molecule has 2 aromatic heterocycles. The van der Waals surface area contributed by atoms with Crippen molar-refractivity contribution in [2.75, 3.05) is 5.32 Å². The van der Waals surface area contributed by atoms with Crippen LogP contribution in [0, 0.1) is 0 Å². The van der Waals surface area contributed by atoms with Crippen molar-refractivity contribution in [1.29, 1.82) is 0 Å². The molecule has 0 spiro atoms. The second-order valence-corrected chi connectivity index (χ2v) is 5.40. The number of fused-ring (bicyclic) bond motifs is 2. The number of rotatable bonds is 2. The lowest BCUT2D eigenvalue weighted by molar-refractivity contribution is 0.102. The van der Waals surface area contributed by atoms with Crippen molar-refractivity contribution in [3.63, 3.8) is 0 Å². The molecule has 4 aromatic rings. The quantitative estimate of drug-likeness (QED) is 0.577. The van der Waals surface area contributed by atoms with E-state index in [1.54, 1.807) is 0 Å². The van der Waals surface area contributed by atoms with Gasteiger partial charge in [0.15, 0.2) is 0 Å². The van der Waals surface area contributed by atoms with Gasteiger partial charge in [-0.05, 0) is 42.5 Å². The molecule has 4 heteroatoms. The molecule has 0 aliphatic rings. The van der Waals surface area contributed by atoms with E-state index in [1.165, 1.54) is 0 Å². The van der Waals surface area contributed by atoms with E-state index in [4.69, 9.17) is 0 Å². The highest BCUT2D eigenvalue weighted by Crippen LogP contribution is 2.22. The third kappa shape index (κ3) is 1.97. The maximum Gasteiger partial charge on any atom is 0.256 e. The van der Waals surface area contributed by atoms with Gasteiger partial charge in [-0.1, -0.05) is 6.07 Å². The number of aromatic amines is 1. The van der Waals surface area contributed by atoms with E-state index in [1.807, 2.05) is 72.5 Å². The molecule has 0 unspecified atom stereocenters. The molecule has 0 aliphatic carbocycles. The Kier molecular flexibility index (Phi) is 2.76. The van der Waals surface area contributed by atoms with Crippen LogP contribution in [0.2, 0.25) is 0 Å². The Bertz CT molecular complexity index is 994. The second-order valence-electron chi connectivity index (χ2n) is 5.40. The summed E-state index contributed by atoms with van der Waals surface area (Å²) in [5, 5.41) is 5.02. The van der Waals surface area contributed by atoms with Crippen molar-refractivity contribution in [1.82, 2.24) is 9.55 Å². The zero-order chi connectivity index (χ0) is 15.1. The maximum absolute atomic E-state index is 12.6. The maximum atomic E-state index is 12.6. The van der Waals surface area contributed by atoms with Crippen LogP contribution in [0.5, 0.6) is 0 Å². The molecule has 0 bridgehead atoms. The molecule has 108 valence electrons. The number of aryl methyl sites for hydroxylation is 1. The number of carbonyl (C=O) groups is 1. The zero-order valence-corrected chi connectivity index (χ0v) is 12.1. The van der Waals surface area contributed by atoms with Crippen molar-refractivity contribution < 1.29 is 4.79 Å². The minimum absolute atomic E-state index is 0.0910. The summed E-state index contributed by atoms with van der Waals surface area (Å²) >= 11 is 0. The molecule has 0 atom stereocenters. The first kappa shape index (κ1) is 12.7. The first-order valence-electron chi connectivity index (χ1n) is 7.15. The number of amides is 1. The first-order chi connectivity index (χ1) is 10.7. The fraction of sp³-hybridized carbons (Fsp3) is 0.0556. The third-order valence-electron chi connectivity index (χ3n) is 3.98. The molecule has 2 aromatic carbocycles. The lowest BCUT2D eigenvalue weighted by Gasteiger charge is -2.07. The predicted octanol–water partition coefficient (Wildman–Crippen LogP) is 3.91. The third-order valence-corrected chi connectivity index (χ3v) is 3.98. The summed E-state index contributed by atoms with van der Waals surface area (Å²) in [6.07, 6.45) is 3.86. The smallest absolute Gasteiger partial charge is 0.256 e. The zero-order valence-electron chi connectivity index (χ0n) is 12.1. The molecular formula is C18H15N3O. The summed E-state index contributed by atoms with van der Waals surface area (Å²) in [6.45, 7) is 0. The van der Waals surface area contributed by atoms with E-state index in [2.05, 4.69) is 10.3 Å². The van der Waals surface area contributed by atoms with E-state index in [9.17, 15) is 4.79 Å². The average molecular weight is 289 g/mol. The molecular weight excluding hydrogens is 274 g/mol. The van der Waals surface area contributed by atoms with Gasteiger partial charge < -0.3 is 14.9 Å². The summed E-state index contributed by atoms with van der Waals surface area (Å²) < 4.78 is 2.01. The predicted molar refractivity (Wildman–Crippen MR) is 89.2 cm³/mol. The summed E-state index contributed by atoms with van der Waals surface area (Å²) in [6, 6.07) is 15.6. The van der Waals surface area contributed by atoms with Gasteiger partial charge in [0.05, 0.1) is 0 Å². The van der Waals surface area contributed by atoms with E-state index in [0.717, 1.165) is 27.5 Å². The SMILES string of the molecule is Cn1ccc2c(C(=O)Nc3ccc4[nH]ccc4c3)cccc21. The molecule has 2 heterocycles. The van der Waals surface area contributed by atoms with Gasteiger partial charge in [-0.25, -0.2) is 0 Å². The van der Waals surface area contributed by atoms with Gasteiger partial charge in [0.1, 0.15) is 0 Å². The summed E-state index contributed by atoms with van der Waals surface area (Å²) in [7, 11) is 1.98. The largest absolute Gasteiger partial charge is 0.361 e. The summed E-state index contributed by atoms with van der Waals surface area (Å²) in [4.78, 5) is 15.7. The average Bonchev–Trinajstić information content (AvgIpc) is 3.13. The molecule has 0 aliphatic heterocycles. The van der Waals surface area contributed by atoms with E-state index in [0.29, 0.717) is 5.56 Å². The molecule has 0 radical (unpaired) electrons. The number of nitrogens with zero attached hydrogens (tertiary/aromatic N) is 1. The van der Waals surface area contributed by atoms with Crippen molar-refractivity contribution in [3.05, 3.63) is 66.5 Å². The monoisotopic (exact) mass is 289 g/mol. The van der Waals surface area contributed by atoms with Crippen molar-refractivity contribution >= 4 is 33.4 Å². The molecule has 0 fully saturated rings. The van der Waals surface area contributed by atoms with Crippen LogP contribution in [-0.2, 0) is 7.05 Å². The molecule has 1 amide bonds. The Labute approximate surface area is 127 Å². The molecule has 0 saturated heterocycles. The van der Waals surface area contributed by atoms with Gasteiger partial charge in [0.2, 0.25) is 0 Å². The van der Waals surface area contributed by atoms with Crippen LogP contribution >= 0.6 is 0 Å². The van der Waals surface area contributed by atoms with Crippen LogP contribution in [0.4, 0.5) is 5.69 Å². The Hall–Kier alpha value is -3.01. The van der Waals surface area contributed by atoms with Crippen LogP contribution < -0.4 is 5.32 Å². The normalized spacial score (nSPS) is 11.1. The molecule has 22 heavy (non-hydrogen) atoms. The minimum atomic E-state index is -0.0910. The van der Waals surface area contributed by atoms with Gasteiger partial charge in [0.25, 0.3) is 5.91 Å². The van der Waals surface area contributed by atoms with Crippen LogP contribution in [-0.4, -0.2) is 15.5 Å².